The summed E-state index contributed by atoms with van der Waals surface area (Å²) in [6, 6.07) is 8.99. The molecular weight excluding hydrogens is 340 g/mol. The Hall–Kier alpha value is -2.83. The van der Waals surface area contributed by atoms with Gasteiger partial charge in [-0.25, -0.2) is 8.78 Å². The molecule has 0 spiro atoms. The van der Waals surface area contributed by atoms with Gasteiger partial charge >= 0.3 is 0 Å². The number of nitrogens with zero attached hydrogens (tertiary/aromatic N) is 2. The van der Waals surface area contributed by atoms with Crippen LogP contribution >= 0.6 is 0 Å². The number of likely N-dealkylation sites (tertiary alicyclic amines) is 1. The third-order valence-corrected chi connectivity index (χ3v) is 4.44. The summed E-state index contributed by atoms with van der Waals surface area (Å²) in [5.74, 6) is -2.26. The third-order valence-electron chi connectivity index (χ3n) is 4.44. The summed E-state index contributed by atoms with van der Waals surface area (Å²) in [5, 5.41) is 2.77. The van der Waals surface area contributed by atoms with E-state index < -0.39 is 11.6 Å². The van der Waals surface area contributed by atoms with Crippen LogP contribution in [0.2, 0.25) is 0 Å². The zero-order valence-electron chi connectivity index (χ0n) is 14.1. The summed E-state index contributed by atoms with van der Waals surface area (Å²) in [6.07, 6.45) is 2.59. The molecule has 1 N–H and O–H groups in total. The molecule has 26 heavy (non-hydrogen) atoms. The number of carbonyl (C=O) groups excluding carboxylic acids is 2. The molecule has 0 saturated carbocycles. The molecule has 1 aliphatic rings. The van der Waals surface area contributed by atoms with Crippen LogP contribution in [0.25, 0.3) is 0 Å². The lowest BCUT2D eigenvalue weighted by Crippen LogP contribution is -2.37. The van der Waals surface area contributed by atoms with E-state index in [1.807, 2.05) is 6.07 Å². The Bertz CT molecular complexity index is 799. The van der Waals surface area contributed by atoms with Crippen molar-refractivity contribution in [3.63, 3.8) is 0 Å². The van der Waals surface area contributed by atoms with E-state index in [-0.39, 0.29) is 36.4 Å². The van der Waals surface area contributed by atoms with E-state index >= 15 is 0 Å². The average Bonchev–Trinajstić information content (AvgIpc) is 2.98. The molecule has 3 rings (SSSR count). The van der Waals surface area contributed by atoms with Crippen molar-refractivity contribution in [2.45, 2.75) is 38.4 Å². The van der Waals surface area contributed by atoms with Gasteiger partial charge in [0.15, 0.2) is 11.6 Å². The SMILES string of the molecule is O=C(CC1CCC(=O)N1Cc1cccc(F)c1F)NCc1ccccn1. The van der Waals surface area contributed by atoms with Crippen molar-refractivity contribution in [1.29, 1.82) is 0 Å². The van der Waals surface area contributed by atoms with Gasteiger partial charge in [-0.3, -0.25) is 14.6 Å². The molecule has 7 heteroatoms. The predicted molar refractivity (Wildman–Crippen MR) is 90.6 cm³/mol. The van der Waals surface area contributed by atoms with Gasteiger partial charge in [-0.15, -0.1) is 0 Å². The Balaban J connectivity index is 1.60. The molecule has 1 aliphatic heterocycles. The van der Waals surface area contributed by atoms with E-state index in [1.54, 1.807) is 18.3 Å². The second-order valence-corrected chi connectivity index (χ2v) is 6.23. The topological polar surface area (TPSA) is 62.3 Å². The van der Waals surface area contributed by atoms with Gasteiger partial charge in [-0.2, -0.15) is 0 Å². The first-order chi connectivity index (χ1) is 12.5. The van der Waals surface area contributed by atoms with Gasteiger partial charge in [0.25, 0.3) is 0 Å². The highest BCUT2D eigenvalue weighted by Gasteiger charge is 2.33. The highest BCUT2D eigenvalue weighted by atomic mass is 19.2. The number of pyridine rings is 1. The Labute approximate surface area is 150 Å². The third kappa shape index (κ3) is 4.22. The molecule has 0 aliphatic carbocycles. The molecule has 1 saturated heterocycles. The quantitative estimate of drug-likeness (QED) is 0.862. The van der Waals surface area contributed by atoms with Gasteiger partial charge in [0.1, 0.15) is 0 Å². The monoisotopic (exact) mass is 359 g/mol. The molecule has 2 heterocycles. The van der Waals surface area contributed by atoms with Crippen molar-refractivity contribution < 1.29 is 18.4 Å². The van der Waals surface area contributed by atoms with Crippen LogP contribution < -0.4 is 5.32 Å². The van der Waals surface area contributed by atoms with Gasteiger partial charge in [-0.1, -0.05) is 18.2 Å². The summed E-state index contributed by atoms with van der Waals surface area (Å²) in [5.41, 5.74) is 0.848. The first-order valence-electron chi connectivity index (χ1n) is 8.43. The van der Waals surface area contributed by atoms with Crippen LogP contribution in [0.15, 0.2) is 42.6 Å². The number of hydrogen-bond donors (Lipinski definition) is 1. The summed E-state index contributed by atoms with van der Waals surface area (Å²) < 4.78 is 27.3. The van der Waals surface area contributed by atoms with E-state index in [9.17, 15) is 18.4 Å². The predicted octanol–water partition coefficient (Wildman–Crippen LogP) is 2.56. The number of amides is 2. The summed E-state index contributed by atoms with van der Waals surface area (Å²) in [4.78, 5) is 29.9. The largest absolute Gasteiger partial charge is 0.350 e. The number of carbonyl (C=O) groups is 2. The maximum atomic E-state index is 13.9. The molecule has 5 nitrogen and oxygen atoms in total. The van der Waals surface area contributed by atoms with Gasteiger partial charge in [-0.05, 0) is 24.6 Å². The van der Waals surface area contributed by atoms with Crippen molar-refractivity contribution >= 4 is 11.8 Å². The number of aromatic nitrogens is 1. The second-order valence-electron chi connectivity index (χ2n) is 6.23. The van der Waals surface area contributed by atoms with Gasteiger partial charge in [0, 0.05) is 37.2 Å². The molecule has 0 bridgehead atoms. The molecule has 1 fully saturated rings. The maximum Gasteiger partial charge on any atom is 0.223 e. The van der Waals surface area contributed by atoms with Crippen LogP contribution in [-0.4, -0.2) is 27.7 Å². The highest BCUT2D eigenvalue weighted by molar-refractivity contribution is 5.82. The lowest BCUT2D eigenvalue weighted by molar-refractivity contribution is -0.130. The Morgan fingerprint density at radius 3 is 2.85 bits per heavy atom. The minimum atomic E-state index is -0.953. The lowest BCUT2D eigenvalue weighted by atomic mass is 10.1. The Kier molecular flexibility index (Phi) is 5.55. The van der Waals surface area contributed by atoms with Crippen LogP contribution in [-0.2, 0) is 22.7 Å². The molecule has 1 unspecified atom stereocenters. The van der Waals surface area contributed by atoms with Crippen molar-refractivity contribution in [2.24, 2.45) is 0 Å². The summed E-state index contributed by atoms with van der Waals surface area (Å²) in [6.45, 7) is 0.263. The van der Waals surface area contributed by atoms with Gasteiger partial charge in [0.2, 0.25) is 11.8 Å². The lowest BCUT2D eigenvalue weighted by Gasteiger charge is -2.25. The molecule has 2 aromatic rings. The van der Waals surface area contributed by atoms with E-state index in [4.69, 9.17) is 0 Å². The number of benzene rings is 1. The Morgan fingerprint density at radius 2 is 2.08 bits per heavy atom. The van der Waals surface area contributed by atoms with Gasteiger partial charge in [0.05, 0.1) is 12.2 Å². The molecular formula is C19H19F2N3O2. The van der Waals surface area contributed by atoms with E-state index in [1.165, 1.54) is 17.0 Å². The fraction of sp³-hybridized carbons (Fsp3) is 0.316. The molecule has 1 aromatic heterocycles. The van der Waals surface area contributed by atoms with Crippen LogP contribution in [0.1, 0.15) is 30.5 Å². The number of halogens is 2. The molecule has 1 aromatic carbocycles. The van der Waals surface area contributed by atoms with Crippen molar-refractivity contribution in [3.8, 4) is 0 Å². The van der Waals surface area contributed by atoms with Crippen molar-refractivity contribution in [1.82, 2.24) is 15.2 Å². The minimum absolute atomic E-state index is 0.0411. The zero-order valence-corrected chi connectivity index (χ0v) is 14.1. The fourth-order valence-corrected chi connectivity index (χ4v) is 3.05. The normalized spacial score (nSPS) is 16.8. The molecule has 0 radical (unpaired) electrons. The minimum Gasteiger partial charge on any atom is -0.350 e. The van der Waals surface area contributed by atoms with E-state index in [0.29, 0.717) is 19.4 Å². The van der Waals surface area contributed by atoms with E-state index in [0.717, 1.165) is 11.8 Å². The van der Waals surface area contributed by atoms with E-state index in [2.05, 4.69) is 10.3 Å². The van der Waals surface area contributed by atoms with Gasteiger partial charge < -0.3 is 10.2 Å². The van der Waals surface area contributed by atoms with Crippen molar-refractivity contribution in [3.05, 3.63) is 65.5 Å². The van der Waals surface area contributed by atoms with Crippen LogP contribution in [0.3, 0.4) is 0 Å². The molecule has 136 valence electrons. The zero-order chi connectivity index (χ0) is 18.5. The summed E-state index contributed by atoms with van der Waals surface area (Å²) in [7, 11) is 0. The van der Waals surface area contributed by atoms with Crippen LogP contribution in [0, 0.1) is 11.6 Å². The second kappa shape index (κ2) is 8.03. The first kappa shape index (κ1) is 18.0. The molecule has 1 atom stereocenters. The van der Waals surface area contributed by atoms with Crippen LogP contribution in [0.5, 0.6) is 0 Å². The van der Waals surface area contributed by atoms with Crippen LogP contribution in [0.4, 0.5) is 8.78 Å². The number of rotatable bonds is 6. The van der Waals surface area contributed by atoms with Crippen molar-refractivity contribution in [2.75, 3.05) is 0 Å². The highest BCUT2D eigenvalue weighted by Crippen LogP contribution is 2.25. The Morgan fingerprint density at radius 1 is 1.23 bits per heavy atom. The maximum absolute atomic E-state index is 13.9. The number of nitrogens with one attached hydrogen (secondary N) is 1. The fourth-order valence-electron chi connectivity index (χ4n) is 3.05. The first-order valence-corrected chi connectivity index (χ1v) is 8.43. The summed E-state index contributed by atoms with van der Waals surface area (Å²) >= 11 is 0. The smallest absolute Gasteiger partial charge is 0.223 e. The number of hydrogen-bond acceptors (Lipinski definition) is 3. The standard InChI is InChI=1S/C19H19F2N3O2/c20-16-6-3-4-13(19(16)21)12-24-15(7-8-18(24)26)10-17(25)23-11-14-5-1-2-9-22-14/h1-6,9,15H,7-8,10-12H2,(H,23,25). The molecule has 2 amide bonds. The average molecular weight is 359 g/mol.